The number of phenolic OH excluding ortho intramolecular Hbond substituents is 1. The van der Waals surface area contributed by atoms with Crippen LogP contribution in [0.15, 0.2) is 48.5 Å². The highest BCUT2D eigenvalue weighted by Crippen LogP contribution is 2.23. The second-order valence-corrected chi connectivity index (χ2v) is 5.11. The summed E-state index contributed by atoms with van der Waals surface area (Å²) in [6.07, 6.45) is 0.0251. The lowest BCUT2D eigenvalue weighted by Gasteiger charge is -2.14. The molecule has 0 saturated carbocycles. The van der Waals surface area contributed by atoms with Gasteiger partial charge in [-0.3, -0.25) is 0 Å². The van der Waals surface area contributed by atoms with Gasteiger partial charge in [0.25, 0.3) is 0 Å². The molecule has 0 bridgehead atoms. The van der Waals surface area contributed by atoms with Crippen LogP contribution in [-0.4, -0.2) is 28.9 Å². The molecule has 116 valence electrons. The number of benzene rings is 2. The molecule has 0 radical (unpaired) electrons. The highest BCUT2D eigenvalue weighted by Gasteiger charge is 2.18. The molecule has 1 unspecified atom stereocenters. The van der Waals surface area contributed by atoms with Crippen LogP contribution in [-0.2, 0) is 22.4 Å². The van der Waals surface area contributed by atoms with E-state index in [0.717, 1.165) is 16.7 Å². The second-order valence-electron chi connectivity index (χ2n) is 5.11. The molecule has 0 fully saturated rings. The van der Waals surface area contributed by atoms with Gasteiger partial charge in [0.1, 0.15) is 5.75 Å². The lowest BCUT2D eigenvalue weighted by atomic mass is 9.99. The first-order chi connectivity index (χ1) is 10.6. The van der Waals surface area contributed by atoms with Gasteiger partial charge in [0.15, 0.2) is 6.10 Å². The van der Waals surface area contributed by atoms with E-state index in [4.69, 9.17) is 9.84 Å². The normalized spacial score (nSPS) is 12.0. The van der Waals surface area contributed by atoms with E-state index in [1.54, 1.807) is 19.1 Å². The minimum absolute atomic E-state index is 0.218. The Bertz CT molecular complexity index is 622. The van der Waals surface area contributed by atoms with E-state index in [-0.39, 0.29) is 12.2 Å². The second kappa shape index (κ2) is 7.61. The monoisotopic (exact) mass is 300 g/mol. The van der Waals surface area contributed by atoms with Gasteiger partial charge in [-0.15, -0.1) is 0 Å². The first kappa shape index (κ1) is 16.0. The zero-order chi connectivity index (χ0) is 15.9. The molecule has 2 aromatic carbocycles. The Morgan fingerprint density at radius 1 is 1.14 bits per heavy atom. The van der Waals surface area contributed by atoms with E-state index in [9.17, 15) is 9.90 Å². The molecule has 2 rings (SSSR count). The van der Waals surface area contributed by atoms with Crippen LogP contribution in [0, 0.1) is 0 Å². The van der Waals surface area contributed by atoms with Gasteiger partial charge in [-0.2, -0.15) is 0 Å². The van der Waals surface area contributed by atoms with E-state index in [0.29, 0.717) is 13.0 Å². The van der Waals surface area contributed by atoms with Crippen LogP contribution in [0.3, 0.4) is 0 Å². The molecular weight excluding hydrogens is 280 g/mol. The fourth-order valence-electron chi connectivity index (χ4n) is 2.36. The van der Waals surface area contributed by atoms with Crippen LogP contribution in [0.25, 0.3) is 0 Å². The molecule has 0 aliphatic carbocycles. The number of aromatic hydroxyl groups is 1. The van der Waals surface area contributed by atoms with Gasteiger partial charge in [0.2, 0.25) is 0 Å². The van der Waals surface area contributed by atoms with Gasteiger partial charge in [-0.1, -0.05) is 42.5 Å². The highest BCUT2D eigenvalue weighted by atomic mass is 16.5. The minimum atomic E-state index is -0.973. The summed E-state index contributed by atoms with van der Waals surface area (Å²) in [6, 6.07) is 15.0. The van der Waals surface area contributed by atoms with Crippen LogP contribution in [0.2, 0.25) is 0 Å². The summed E-state index contributed by atoms with van der Waals surface area (Å²) in [5.74, 6) is -0.754. The van der Waals surface area contributed by atoms with Crippen LogP contribution in [0.5, 0.6) is 5.75 Å². The van der Waals surface area contributed by atoms with E-state index < -0.39 is 12.1 Å². The molecule has 0 saturated heterocycles. The Morgan fingerprint density at radius 3 is 2.50 bits per heavy atom. The van der Waals surface area contributed by atoms with Crippen molar-refractivity contribution in [2.75, 3.05) is 6.61 Å². The van der Waals surface area contributed by atoms with Crippen molar-refractivity contribution in [3.8, 4) is 5.75 Å². The van der Waals surface area contributed by atoms with Crippen molar-refractivity contribution in [1.29, 1.82) is 0 Å². The summed E-state index contributed by atoms with van der Waals surface area (Å²) >= 11 is 0. The number of ether oxygens (including phenoxy) is 1. The molecule has 0 amide bonds. The topological polar surface area (TPSA) is 66.8 Å². The Labute approximate surface area is 130 Å². The molecule has 0 aliphatic rings. The maximum atomic E-state index is 11.2. The number of carbonyl (C=O) groups is 1. The molecule has 0 heterocycles. The molecule has 4 nitrogen and oxygen atoms in total. The van der Waals surface area contributed by atoms with Crippen LogP contribution < -0.4 is 0 Å². The van der Waals surface area contributed by atoms with E-state index in [2.05, 4.69) is 0 Å². The SMILES string of the molecule is CCOC(Cc1ccc(O)c(Cc2ccccc2)c1)C(=O)O. The summed E-state index contributed by atoms with van der Waals surface area (Å²) in [6.45, 7) is 2.12. The molecule has 22 heavy (non-hydrogen) atoms. The summed E-state index contributed by atoms with van der Waals surface area (Å²) in [4.78, 5) is 11.2. The maximum absolute atomic E-state index is 11.2. The van der Waals surface area contributed by atoms with Gasteiger partial charge in [0, 0.05) is 19.4 Å². The quantitative estimate of drug-likeness (QED) is 0.825. The van der Waals surface area contributed by atoms with Crippen LogP contribution >= 0.6 is 0 Å². The van der Waals surface area contributed by atoms with Crippen molar-refractivity contribution in [3.05, 3.63) is 65.2 Å². The summed E-state index contributed by atoms with van der Waals surface area (Å²) in [7, 11) is 0. The van der Waals surface area contributed by atoms with Crippen molar-refractivity contribution in [2.45, 2.75) is 25.9 Å². The average Bonchev–Trinajstić information content (AvgIpc) is 2.51. The third-order valence-electron chi connectivity index (χ3n) is 3.45. The molecule has 4 heteroatoms. The van der Waals surface area contributed by atoms with Crippen LogP contribution in [0.4, 0.5) is 0 Å². The molecule has 0 aliphatic heterocycles. The Balaban J connectivity index is 2.17. The number of rotatable bonds is 7. The number of carboxylic acid groups (broad SMARTS) is 1. The third-order valence-corrected chi connectivity index (χ3v) is 3.45. The fourth-order valence-corrected chi connectivity index (χ4v) is 2.36. The summed E-state index contributed by atoms with van der Waals surface area (Å²) in [5, 5.41) is 19.1. The third kappa shape index (κ3) is 4.33. The van der Waals surface area contributed by atoms with Gasteiger partial charge in [-0.25, -0.2) is 4.79 Å². The fraction of sp³-hybridized carbons (Fsp3) is 0.278. The van der Waals surface area contributed by atoms with E-state index >= 15 is 0 Å². The predicted octanol–water partition coefficient (Wildman–Crippen LogP) is 3.02. The lowest BCUT2D eigenvalue weighted by molar-refractivity contribution is -0.149. The lowest BCUT2D eigenvalue weighted by Crippen LogP contribution is -2.26. The summed E-state index contributed by atoms with van der Waals surface area (Å²) < 4.78 is 5.23. The van der Waals surface area contributed by atoms with Crippen molar-refractivity contribution in [3.63, 3.8) is 0 Å². The highest BCUT2D eigenvalue weighted by molar-refractivity contribution is 5.72. The minimum Gasteiger partial charge on any atom is -0.508 e. The molecule has 1 atom stereocenters. The van der Waals surface area contributed by atoms with Crippen molar-refractivity contribution in [1.82, 2.24) is 0 Å². The Kier molecular flexibility index (Phi) is 5.55. The van der Waals surface area contributed by atoms with E-state index in [1.807, 2.05) is 36.4 Å². The Hall–Kier alpha value is -2.33. The molecule has 2 aromatic rings. The molecule has 0 aromatic heterocycles. The van der Waals surface area contributed by atoms with E-state index in [1.165, 1.54) is 0 Å². The largest absolute Gasteiger partial charge is 0.508 e. The van der Waals surface area contributed by atoms with Gasteiger partial charge < -0.3 is 14.9 Å². The first-order valence-corrected chi connectivity index (χ1v) is 7.29. The molecule has 2 N–H and O–H groups in total. The zero-order valence-corrected chi connectivity index (χ0v) is 12.5. The number of hydrogen-bond acceptors (Lipinski definition) is 3. The molecule has 0 spiro atoms. The smallest absolute Gasteiger partial charge is 0.333 e. The van der Waals surface area contributed by atoms with Gasteiger partial charge in [-0.05, 0) is 29.7 Å². The maximum Gasteiger partial charge on any atom is 0.333 e. The average molecular weight is 300 g/mol. The van der Waals surface area contributed by atoms with Gasteiger partial charge >= 0.3 is 5.97 Å². The van der Waals surface area contributed by atoms with Gasteiger partial charge in [0.05, 0.1) is 0 Å². The zero-order valence-electron chi connectivity index (χ0n) is 12.5. The molecular formula is C18H20O4. The standard InChI is InChI=1S/C18H20O4/c1-2-22-17(18(20)21)12-14-8-9-16(19)15(11-14)10-13-6-4-3-5-7-13/h3-9,11,17,19H,2,10,12H2,1H3,(H,20,21). The number of phenols is 1. The van der Waals surface area contributed by atoms with Crippen LogP contribution in [0.1, 0.15) is 23.6 Å². The van der Waals surface area contributed by atoms with Crippen molar-refractivity contribution in [2.24, 2.45) is 0 Å². The van der Waals surface area contributed by atoms with Crippen molar-refractivity contribution < 1.29 is 19.7 Å². The number of hydrogen-bond donors (Lipinski definition) is 2. The predicted molar refractivity (Wildman–Crippen MR) is 84.1 cm³/mol. The number of aliphatic carboxylic acids is 1. The summed E-state index contributed by atoms with van der Waals surface area (Å²) in [5.41, 5.74) is 2.71. The first-order valence-electron chi connectivity index (χ1n) is 7.29. The van der Waals surface area contributed by atoms with Crippen molar-refractivity contribution >= 4 is 5.97 Å². The Morgan fingerprint density at radius 2 is 1.86 bits per heavy atom. The number of carboxylic acids is 1.